The number of imide groups is 1. The number of rotatable bonds is 7. The van der Waals surface area contributed by atoms with Crippen LogP contribution in [0.4, 0.5) is 10.5 Å². The van der Waals surface area contributed by atoms with Crippen LogP contribution in [-0.4, -0.2) is 46.2 Å². The van der Waals surface area contributed by atoms with Gasteiger partial charge in [-0.3, -0.25) is 19.3 Å². The standard InChI is InChI=1S/C20H15BrN2O6S/c21-13-5-7-14(8-6-13)22-17(24)10-23-19(27)16(30-20(23)28)9-12-3-1-2-4-15(12)29-11-18(25)26/h1-9H,10-11H2,(H,22,24)(H,25,26)/b16-9+. The number of thioether (sulfide) groups is 1. The molecule has 0 spiro atoms. The van der Waals surface area contributed by atoms with Gasteiger partial charge in [0, 0.05) is 15.7 Å². The summed E-state index contributed by atoms with van der Waals surface area (Å²) in [6, 6.07) is 13.4. The van der Waals surface area contributed by atoms with Crippen LogP contribution in [-0.2, 0) is 14.4 Å². The molecule has 2 N–H and O–H groups in total. The Morgan fingerprint density at radius 3 is 2.53 bits per heavy atom. The summed E-state index contributed by atoms with van der Waals surface area (Å²) >= 11 is 4.00. The van der Waals surface area contributed by atoms with Crippen molar-refractivity contribution in [2.75, 3.05) is 18.5 Å². The molecule has 0 aliphatic carbocycles. The fourth-order valence-corrected chi connectivity index (χ4v) is 3.62. The van der Waals surface area contributed by atoms with E-state index < -0.39 is 36.2 Å². The number of carboxylic acid groups (broad SMARTS) is 1. The molecule has 0 bridgehead atoms. The van der Waals surface area contributed by atoms with Gasteiger partial charge in [0.15, 0.2) is 6.61 Å². The van der Waals surface area contributed by atoms with E-state index >= 15 is 0 Å². The molecule has 1 aliphatic heterocycles. The molecule has 0 aromatic heterocycles. The van der Waals surface area contributed by atoms with Crippen molar-refractivity contribution >= 4 is 62.5 Å². The summed E-state index contributed by atoms with van der Waals surface area (Å²) in [5, 5.41) is 10.8. The van der Waals surface area contributed by atoms with Crippen molar-refractivity contribution in [1.82, 2.24) is 4.90 Å². The Hall–Kier alpha value is -3.11. The molecule has 3 rings (SSSR count). The molecule has 0 radical (unpaired) electrons. The quantitative estimate of drug-likeness (QED) is 0.570. The average Bonchev–Trinajstić information content (AvgIpc) is 2.96. The van der Waals surface area contributed by atoms with Crippen LogP contribution < -0.4 is 10.1 Å². The van der Waals surface area contributed by atoms with Gasteiger partial charge in [0.25, 0.3) is 11.1 Å². The molecule has 0 atom stereocenters. The van der Waals surface area contributed by atoms with Crippen molar-refractivity contribution in [2.45, 2.75) is 0 Å². The monoisotopic (exact) mass is 490 g/mol. The van der Waals surface area contributed by atoms with Crippen molar-refractivity contribution in [2.24, 2.45) is 0 Å². The highest BCUT2D eigenvalue weighted by Gasteiger charge is 2.36. The van der Waals surface area contributed by atoms with Crippen LogP contribution in [0.1, 0.15) is 5.56 Å². The zero-order valence-electron chi connectivity index (χ0n) is 15.3. The third-order valence-electron chi connectivity index (χ3n) is 3.86. The van der Waals surface area contributed by atoms with Gasteiger partial charge in [-0.1, -0.05) is 34.1 Å². The highest BCUT2D eigenvalue weighted by Crippen LogP contribution is 2.33. The third-order valence-corrected chi connectivity index (χ3v) is 5.30. The lowest BCUT2D eigenvalue weighted by atomic mass is 10.2. The SMILES string of the molecule is O=C(O)COc1ccccc1/C=C1/SC(=O)N(CC(=O)Nc2ccc(Br)cc2)C1=O. The van der Waals surface area contributed by atoms with Crippen molar-refractivity contribution in [3.05, 3.63) is 63.5 Å². The number of amides is 3. The van der Waals surface area contributed by atoms with Crippen LogP contribution in [0.25, 0.3) is 6.08 Å². The molecule has 1 aliphatic rings. The Morgan fingerprint density at radius 2 is 1.83 bits per heavy atom. The van der Waals surface area contributed by atoms with Gasteiger partial charge in [0.2, 0.25) is 5.91 Å². The van der Waals surface area contributed by atoms with Crippen molar-refractivity contribution in [1.29, 1.82) is 0 Å². The summed E-state index contributed by atoms with van der Waals surface area (Å²) in [5.74, 6) is -1.99. The third kappa shape index (κ3) is 5.49. The van der Waals surface area contributed by atoms with Gasteiger partial charge in [0.1, 0.15) is 12.3 Å². The number of hydrogen-bond acceptors (Lipinski definition) is 6. The van der Waals surface area contributed by atoms with E-state index in [-0.39, 0.29) is 10.7 Å². The molecular weight excluding hydrogens is 476 g/mol. The second kappa shape index (κ2) is 9.59. The molecule has 3 amide bonds. The van der Waals surface area contributed by atoms with Gasteiger partial charge >= 0.3 is 5.97 Å². The first kappa shape index (κ1) is 21.6. The number of para-hydroxylation sites is 1. The summed E-state index contributed by atoms with van der Waals surface area (Å²) in [6.07, 6.45) is 1.44. The van der Waals surface area contributed by atoms with Crippen LogP contribution in [0.3, 0.4) is 0 Å². The number of carbonyl (C=O) groups is 4. The summed E-state index contributed by atoms with van der Waals surface area (Å²) in [5.41, 5.74) is 0.985. The largest absolute Gasteiger partial charge is 0.481 e. The van der Waals surface area contributed by atoms with Gasteiger partial charge in [-0.25, -0.2) is 4.79 Å². The number of benzene rings is 2. The van der Waals surface area contributed by atoms with E-state index in [0.717, 1.165) is 9.37 Å². The Labute approximate surface area is 184 Å². The van der Waals surface area contributed by atoms with Crippen LogP contribution in [0.2, 0.25) is 0 Å². The molecule has 30 heavy (non-hydrogen) atoms. The first-order valence-electron chi connectivity index (χ1n) is 8.58. The molecular formula is C20H15BrN2O6S. The molecule has 2 aromatic rings. The highest BCUT2D eigenvalue weighted by molar-refractivity contribution is 9.10. The molecule has 1 heterocycles. The second-order valence-electron chi connectivity index (χ2n) is 6.04. The van der Waals surface area contributed by atoms with E-state index in [0.29, 0.717) is 23.0 Å². The predicted octanol–water partition coefficient (Wildman–Crippen LogP) is 3.59. The van der Waals surface area contributed by atoms with Crippen LogP contribution in [0.5, 0.6) is 5.75 Å². The minimum absolute atomic E-state index is 0.114. The summed E-state index contributed by atoms with van der Waals surface area (Å²) in [4.78, 5) is 48.8. The fourth-order valence-electron chi connectivity index (χ4n) is 2.53. The van der Waals surface area contributed by atoms with E-state index in [1.807, 2.05) is 0 Å². The smallest absolute Gasteiger partial charge is 0.341 e. The van der Waals surface area contributed by atoms with Crippen molar-refractivity contribution < 1.29 is 29.0 Å². The lowest BCUT2D eigenvalue weighted by Gasteiger charge is -2.12. The number of hydrogen-bond donors (Lipinski definition) is 2. The van der Waals surface area contributed by atoms with Crippen molar-refractivity contribution in [3.63, 3.8) is 0 Å². The maximum atomic E-state index is 12.6. The van der Waals surface area contributed by atoms with E-state index in [9.17, 15) is 19.2 Å². The van der Waals surface area contributed by atoms with Gasteiger partial charge in [-0.15, -0.1) is 0 Å². The van der Waals surface area contributed by atoms with Gasteiger partial charge < -0.3 is 15.2 Å². The predicted molar refractivity (Wildman–Crippen MR) is 115 cm³/mol. The Balaban J connectivity index is 1.71. The zero-order chi connectivity index (χ0) is 21.7. The summed E-state index contributed by atoms with van der Waals surface area (Å²) in [6.45, 7) is -0.961. The molecule has 2 aromatic carbocycles. The summed E-state index contributed by atoms with van der Waals surface area (Å²) < 4.78 is 6.06. The fraction of sp³-hybridized carbons (Fsp3) is 0.100. The maximum absolute atomic E-state index is 12.6. The zero-order valence-corrected chi connectivity index (χ0v) is 17.7. The normalized spacial score (nSPS) is 14.8. The van der Waals surface area contributed by atoms with Crippen molar-refractivity contribution in [3.8, 4) is 5.75 Å². The molecule has 0 unspecified atom stereocenters. The molecule has 10 heteroatoms. The average molecular weight is 491 g/mol. The number of aliphatic carboxylic acids is 1. The molecule has 0 saturated carbocycles. The van der Waals surface area contributed by atoms with E-state index in [1.54, 1.807) is 48.5 Å². The van der Waals surface area contributed by atoms with Gasteiger partial charge in [0.05, 0.1) is 4.91 Å². The minimum Gasteiger partial charge on any atom is -0.481 e. The number of nitrogens with one attached hydrogen (secondary N) is 1. The Kier molecular flexibility index (Phi) is 6.91. The molecule has 154 valence electrons. The van der Waals surface area contributed by atoms with E-state index in [1.165, 1.54) is 6.08 Å². The molecule has 8 nitrogen and oxygen atoms in total. The first-order valence-corrected chi connectivity index (χ1v) is 10.2. The minimum atomic E-state index is -1.14. The van der Waals surface area contributed by atoms with E-state index in [4.69, 9.17) is 9.84 Å². The second-order valence-corrected chi connectivity index (χ2v) is 7.95. The Morgan fingerprint density at radius 1 is 1.13 bits per heavy atom. The molecule has 1 fully saturated rings. The molecule has 1 saturated heterocycles. The number of carbonyl (C=O) groups excluding carboxylic acids is 3. The number of nitrogens with zero attached hydrogens (tertiary/aromatic N) is 1. The van der Waals surface area contributed by atoms with Gasteiger partial charge in [-0.05, 0) is 48.2 Å². The number of ether oxygens (including phenoxy) is 1. The van der Waals surface area contributed by atoms with Crippen LogP contribution in [0, 0.1) is 0 Å². The number of carboxylic acids is 1. The maximum Gasteiger partial charge on any atom is 0.341 e. The first-order chi connectivity index (χ1) is 14.3. The number of halogens is 1. The summed E-state index contributed by atoms with van der Waals surface area (Å²) in [7, 11) is 0. The van der Waals surface area contributed by atoms with Crippen LogP contribution >= 0.6 is 27.7 Å². The van der Waals surface area contributed by atoms with Gasteiger partial charge in [-0.2, -0.15) is 0 Å². The lowest BCUT2D eigenvalue weighted by Crippen LogP contribution is -2.36. The lowest BCUT2D eigenvalue weighted by molar-refractivity contribution is -0.139. The topological polar surface area (TPSA) is 113 Å². The number of anilines is 1. The Bertz CT molecular complexity index is 1040. The highest BCUT2D eigenvalue weighted by atomic mass is 79.9. The van der Waals surface area contributed by atoms with E-state index in [2.05, 4.69) is 21.2 Å². The van der Waals surface area contributed by atoms with Crippen LogP contribution in [0.15, 0.2) is 57.9 Å².